The van der Waals surface area contributed by atoms with Gasteiger partial charge in [0.15, 0.2) is 0 Å². The van der Waals surface area contributed by atoms with Crippen LogP contribution < -0.4 is 10.1 Å². The summed E-state index contributed by atoms with van der Waals surface area (Å²) in [6, 6.07) is 13.0. The molecule has 3 aromatic rings. The second-order valence-electron chi connectivity index (χ2n) is 8.56. The molecule has 4 rings (SSSR count). The van der Waals surface area contributed by atoms with E-state index in [2.05, 4.69) is 5.32 Å². The summed E-state index contributed by atoms with van der Waals surface area (Å²) in [6.45, 7) is 5.89. The number of ether oxygens (including phenoxy) is 2. The normalized spacial score (nSPS) is 15.3. The number of nitrogens with zero attached hydrogens (tertiary/aromatic N) is 3. The quantitative estimate of drug-likeness (QED) is 0.399. The Bertz CT molecular complexity index is 1150. The molecule has 35 heavy (non-hydrogen) atoms. The highest BCUT2D eigenvalue weighted by atomic mass is 35.5. The molecule has 0 bridgehead atoms. The Labute approximate surface area is 209 Å². The van der Waals surface area contributed by atoms with Gasteiger partial charge >= 0.3 is 6.03 Å². The first kappa shape index (κ1) is 25.0. The molecule has 1 aromatic heterocycles. The van der Waals surface area contributed by atoms with Crippen molar-refractivity contribution in [1.82, 2.24) is 20.0 Å². The number of rotatable bonds is 9. The molecule has 1 aliphatic rings. The van der Waals surface area contributed by atoms with Crippen LogP contribution >= 0.6 is 11.6 Å². The number of aryl methyl sites for hydroxylation is 1. The lowest BCUT2D eigenvalue weighted by molar-refractivity contribution is 0.0793. The second-order valence-corrected chi connectivity index (χ2v) is 9.00. The number of hydrogen-bond donors (Lipinski definition) is 1. The van der Waals surface area contributed by atoms with E-state index in [4.69, 9.17) is 26.2 Å². The van der Waals surface area contributed by atoms with Crippen molar-refractivity contribution in [3.8, 4) is 17.3 Å². The number of urea groups is 1. The molecule has 1 aliphatic heterocycles. The third-order valence-corrected chi connectivity index (χ3v) is 6.08. The van der Waals surface area contributed by atoms with Gasteiger partial charge in [-0.3, -0.25) is 0 Å². The van der Waals surface area contributed by atoms with Gasteiger partial charge in [-0.15, -0.1) is 0 Å². The summed E-state index contributed by atoms with van der Waals surface area (Å²) in [5, 5.41) is 8.27. The molecule has 1 N–H and O–H groups in total. The molecule has 2 heterocycles. The second kappa shape index (κ2) is 11.6. The smallest absolute Gasteiger partial charge is 0.317 e. The SMILES string of the molecule is CCCNC(=O)N(Cc1c(C)nn(-c2ccc(Cl)cc2)c1Oc1cccc(F)c1)C[C@@H]1CCCO1. The maximum Gasteiger partial charge on any atom is 0.317 e. The number of aromatic nitrogens is 2. The first-order valence-corrected chi connectivity index (χ1v) is 12.2. The minimum absolute atomic E-state index is 0.0124. The maximum absolute atomic E-state index is 13.9. The van der Waals surface area contributed by atoms with Gasteiger partial charge in [0, 0.05) is 30.8 Å². The van der Waals surface area contributed by atoms with Gasteiger partial charge in [0.25, 0.3) is 0 Å². The number of nitrogens with one attached hydrogen (secondary N) is 1. The number of benzene rings is 2. The molecule has 1 atom stereocenters. The third-order valence-electron chi connectivity index (χ3n) is 5.83. The van der Waals surface area contributed by atoms with Gasteiger partial charge in [0.2, 0.25) is 5.88 Å². The molecule has 2 amide bonds. The Balaban J connectivity index is 1.71. The molecule has 2 aromatic carbocycles. The summed E-state index contributed by atoms with van der Waals surface area (Å²) in [5.74, 6) is 0.343. The van der Waals surface area contributed by atoms with Crippen molar-refractivity contribution in [3.63, 3.8) is 0 Å². The van der Waals surface area contributed by atoms with E-state index in [1.54, 1.807) is 33.8 Å². The van der Waals surface area contributed by atoms with E-state index in [0.717, 1.165) is 30.5 Å². The summed E-state index contributed by atoms with van der Waals surface area (Å²) in [4.78, 5) is 14.8. The molecule has 0 saturated carbocycles. The standard InChI is InChI=1S/C26H30ClFN4O3/c1-3-13-29-26(33)31(16-23-8-5-14-34-23)17-24-18(2)30-32(21-11-9-19(27)10-12-21)25(24)35-22-7-4-6-20(28)15-22/h4,6-7,9-12,15,23H,3,5,8,13-14,16-17H2,1-2H3,(H,29,33)/t23-/m0/s1. The minimum Gasteiger partial charge on any atom is -0.438 e. The zero-order valence-electron chi connectivity index (χ0n) is 20.0. The van der Waals surface area contributed by atoms with E-state index in [1.165, 1.54) is 12.1 Å². The topological polar surface area (TPSA) is 68.6 Å². The first-order valence-electron chi connectivity index (χ1n) is 11.9. The van der Waals surface area contributed by atoms with Crippen molar-refractivity contribution >= 4 is 17.6 Å². The Morgan fingerprint density at radius 3 is 2.80 bits per heavy atom. The van der Waals surface area contributed by atoms with Gasteiger partial charge in [-0.25, -0.2) is 13.9 Å². The molecule has 1 saturated heterocycles. The van der Waals surface area contributed by atoms with Crippen LogP contribution in [-0.4, -0.2) is 46.5 Å². The maximum atomic E-state index is 13.9. The molecular weight excluding hydrogens is 471 g/mol. The van der Waals surface area contributed by atoms with E-state index in [0.29, 0.717) is 42.0 Å². The van der Waals surface area contributed by atoms with Crippen molar-refractivity contribution in [3.05, 3.63) is 70.6 Å². The monoisotopic (exact) mass is 500 g/mol. The first-order chi connectivity index (χ1) is 16.9. The van der Waals surface area contributed by atoms with Crippen molar-refractivity contribution in [2.75, 3.05) is 19.7 Å². The molecule has 186 valence electrons. The van der Waals surface area contributed by atoms with Crippen LogP contribution in [0.3, 0.4) is 0 Å². The minimum atomic E-state index is -0.405. The van der Waals surface area contributed by atoms with E-state index in [9.17, 15) is 9.18 Å². The predicted molar refractivity (Wildman–Crippen MR) is 133 cm³/mol. The van der Waals surface area contributed by atoms with Gasteiger partial charge < -0.3 is 19.7 Å². The number of carbonyl (C=O) groups is 1. The highest BCUT2D eigenvalue weighted by molar-refractivity contribution is 6.30. The highest BCUT2D eigenvalue weighted by Gasteiger charge is 2.27. The van der Waals surface area contributed by atoms with Crippen LogP contribution in [0.1, 0.15) is 37.4 Å². The molecule has 9 heteroatoms. The fourth-order valence-corrected chi connectivity index (χ4v) is 4.14. The van der Waals surface area contributed by atoms with Crippen molar-refractivity contribution in [2.24, 2.45) is 0 Å². The Morgan fingerprint density at radius 1 is 1.31 bits per heavy atom. The van der Waals surface area contributed by atoms with Crippen LogP contribution in [0.4, 0.5) is 9.18 Å². The highest BCUT2D eigenvalue weighted by Crippen LogP contribution is 2.32. The van der Waals surface area contributed by atoms with Gasteiger partial charge in [0.05, 0.1) is 29.6 Å². The van der Waals surface area contributed by atoms with Gasteiger partial charge in [-0.05, 0) is 62.6 Å². The number of hydrogen-bond acceptors (Lipinski definition) is 4. The summed E-state index contributed by atoms with van der Waals surface area (Å²) >= 11 is 6.08. The fraction of sp³-hybridized carbons (Fsp3) is 0.385. The lowest BCUT2D eigenvalue weighted by atomic mass is 10.2. The Hall–Kier alpha value is -3.10. The summed E-state index contributed by atoms with van der Waals surface area (Å²) in [6.07, 6.45) is 2.71. The Morgan fingerprint density at radius 2 is 2.11 bits per heavy atom. The zero-order chi connectivity index (χ0) is 24.8. The van der Waals surface area contributed by atoms with Crippen LogP contribution in [-0.2, 0) is 11.3 Å². The Kier molecular flexibility index (Phi) is 8.25. The average Bonchev–Trinajstić information content (AvgIpc) is 3.46. The van der Waals surface area contributed by atoms with Gasteiger partial charge in [0.1, 0.15) is 11.6 Å². The number of carbonyl (C=O) groups excluding carboxylic acids is 1. The molecule has 7 nitrogen and oxygen atoms in total. The predicted octanol–water partition coefficient (Wildman–Crippen LogP) is 5.87. The summed E-state index contributed by atoms with van der Waals surface area (Å²) in [7, 11) is 0. The van der Waals surface area contributed by atoms with E-state index < -0.39 is 5.82 Å². The number of halogens is 2. The van der Waals surface area contributed by atoms with Crippen molar-refractivity contribution in [1.29, 1.82) is 0 Å². The largest absolute Gasteiger partial charge is 0.438 e. The van der Waals surface area contributed by atoms with Crippen LogP contribution in [0.25, 0.3) is 5.69 Å². The molecule has 0 spiro atoms. The van der Waals surface area contributed by atoms with Crippen LogP contribution in [0.15, 0.2) is 48.5 Å². The fourth-order valence-electron chi connectivity index (χ4n) is 4.01. The van der Waals surface area contributed by atoms with Crippen LogP contribution in [0, 0.1) is 12.7 Å². The molecule has 0 aliphatic carbocycles. The lowest BCUT2D eigenvalue weighted by Crippen LogP contribution is -2.43. The van der Waals surface area contributed by atoms with Gasteiger partial charge in [-0.1, -0.05) is 24.6 Å². The molecule has 0 radical (unpaired) electrons. The van der Waals surface area contributed by atoms with Crippen LogP contribution in [0.5, 0.6) is 11.6 Å². The lowest BCUT2D eigenvalue weighted by Gasteiger charge is -2.26. The molecular formula is C26H30ClFN4O3. The molecule has 0 unspecified atom stereocenters. The number of amides is 2. The molecule has 1 fully saturated rings. The van der Waals surface area contributed by atoms with Crippen molar-refractivity contribution < 1.29 is 18.7 Å². The average molecular weight is 501 g/mol. The van der Waals surface area contributed by atoms with Gasteiger partial charge in [-0.2, -0.15) is 5.10 Å². The van der Waals surface area contributed by atoms with E-state index in [-0.39, 0.29) is 18.7 Å². The van der Waals surface area contributed by atoms with Crippen LogP contribution in [0.2, 0.25) is 5.02 Å². The zero-order valence-corrected chi connectivity index (χ0v) is 20.7. The van der Waals surface area contributed by atoms with E-state index >= 15 is 0 Å². The van der Waals surface area contributed by atoms with Crippen molar-refractivity contribution in [2.45, 2.75) is 45.8 Å². The van der Waals surface area contributed by atoms with E-state index in [1.807, 2.05) is 26.0 Å². The summed E-state index contributed by atoms with van der Waals surface area (Å²) in [5.41, 5.74) is 2.16. The summed E-state index contributed by atoms with van der Waals surface area (Å²) < 4.78 is 27.6. The third kappa shape index (κ3) is 6.32.